The van der Waals surface area contributed by atoms with E-state index in [2.05, 4.69) is 58.1 Å². The van der Waals surface area contributed by atoms with Crippen molar-refractivity contribution in [1.82, 2.24) is 9.88 Å². The minimum atomic E-state index is 0.419. The summed E-state index contributed by atoms with van der Waals surface area (Å²) in [4.78, 5) is 9.09. The molecule has 1 atom stereocenters. The van der Waals surface area contributed by atoms with Crippen LogP contribution in [0.15, 0.2) is 48.7 Å². The highest BCUT2D eigenvalue weighted by Gasteiger charge is 2.23. The van der Waals surface area contributed by atoms with Crippen LogP contribution in [-0.2, 0) is 0 Å². The molecule has 0 N–H and O–H groups in total. The second-order valence-electron chi connectivity index (χ2n) is 5.60. The lowest BCUT2D eigenvalue weighted by molar-refractivity contribution is 0.198. The number of anilines is 1. The van der Waals surface area contributed by atoms with E-state index in [1.54, 1.807) is 6.20 Å². The van der Waals surface area contributed by atoms with Gasteiger partial charge in [0.2, 0.25) is 0 Å². The Kier molecular flexibility index (Phi) is 4.36. The van der Waals surface area contributed by atoms with Gasteiger partial charge < -0.3 is 4.90 Å². The molecule has 0 saturated carbocycles. The van der Waals surface area contributed by atoms with Gasteiger partial charge in [-0.2, -0.15) is 5.26 Å². The van der Waals surface area contributed by atoms with Gasteiger partial charge in [0.15, 0.2) is 0 Å². The third kappa shape index (κ3) is 2.95. The molecule has 1 aromatic carbocycles. The van der Waals surface area contributed by atoms with E-state index in [1.165, 1.54) is 5.56 Å². The third-order valence-corrected chi connectivity index (χ3v) is 4.35. The van der Waals surface area contributed by atoms with Crippen molar-refractivity contribution < 1.29 is 0 Å². The second kappa shape index (κ2) is 6.59. The Morgan fingerprint density at radius 1 is 1.05 bits per heavy atom. The van der Waals surface area contributed by atoms with Crippen LogP contribution in [0.2, 0.25) is 0 Å². The first-order valence-corrected chi connectivity index (χ1v) is 7.68. The normalized spacial score (nSPS) is 17.0. The fourth-order valence-electron chi connectivity index (χ4n) is 3.00. The van der Waals surface area contributed by atoms with Crippen LogP contribution in [0.4, 0.5) is 5.82 Å². The molecule has 0 bridgehead atoms. The number of nitriles is 1. The molecule has 1 unspecified atom stereocenters. The number of pyridine rings is 1. The van der Waals surface area contributed by atoms with Gasteiger partial charge in [0.1, 0.15) is 11.9 Å². The van der Waals surface area contributed by atoms with Gasteiger partial charge in [0.05, 0.1) is 5.56 Å². The SMILES string of the molecule is CC(c1ccccc1)N1CCN(c2ncccc2C#N)CC1. The molecule has 4 nitrogen and oxygen atoms in total. The number of piperazine rings is 1. The van der Waals surface area contributed by atoms with Crippen molar-refractivity contribution in [3.8, 4) is 6.07 Å². The maximum absolute atomic E-state index is 9.21. The standard InChI is InChI=1S/C18H20N4/c1-15(16-6-3-2-4-7-16)21-10-12-22(13-11-21)18-17(14-19)8-5-9-20-18/h2-9,15H,10-13H2,1H3. The maximum Gasteiger partial charge on any atom is 0.146 e. The quantitative estimate of drug-likeness (QED) is 0.872. The minimum Gasteiger partial charge on any atom is -0.353 e. The van der Waals surface area contributed by atoms with E-state index in [0.717, 1.165) is 32.0 Å². The van der Waals surface area contributed by atoms with Gasteiger partial charge in [-0.15, -0.1) is 0 Å². The van der Waals surface area contributed by atoms with Gasteiger partial charge in [-0.25, -0.2) is 4.98 Å². The maximum atomic E-state index is 9.21. The summed E-state index contributed by atoms with van der Waals surface area (Å²) < 4.78 is 0. The Balaban J connectivity index is 1.67. The smallest absolute Gasteiger partial charge is 0.146 e. The first kappa shape index (κ1) is 14.6. The fourth-order valence-corrected chi connectivity index (χ4v) is 3.00. The van der Waals surface area contributed by atoms with E-state index in [-0.39, 0.29) is 0 Å². The van der Waals surface area contributed by atoms with Crippen molar-refractivity contribution in [3.05, 3.63) is 59.8 Å². The van der Waals surface area contributed by atoms with E-state index in [4.69, 9.17) is 0 Å². The number of hydrogen-bond donors (Lipinski definition) is 0. The molecule has 0 radical (unpaired) electrons. The van der Waals surface area contributed by atoms with Gasteiger partial charge in [0, 0.05) is 38.4 Å². The van der Waals surface area contributed by atoms with Crippen molar-refractivity contribution in [2.45, 2.75) is 13.0 Å². The van der Waals surface area contributed by atoms with Gasteiger partial charge in [-0.1, -0.05) is 30.3 Å². The number of rotatable bonds is 3. The molecule has 0 spiro atoms. The van der Waals surface area contributed by atoms with Crippen LogP contribution >= 0.6 is 0 Å². The molecule has 3 rings (SSSR count). The van der Waals surface area contributed by atoms with Crippen LogP contribution in [0.5, 0.6) is 0 Å². The predicted octanol–water partition coefficient (Wildman–Crippen LogP) is 2.84. The van der Waals surface area contributed by atoms with Crippen LogP contribution in [0.1, 0.15) is 24.1 Å². The summed E-state index contributed by atoms with van der Waals surface area (Å²) in [5.41, 5.74) is 2.01. The minimum absolute atomic E-state index is 0.419. The molecule has 2 aromatic rings. The lowest BCUT2D eigenvalue weighted by Crippen LogP contribution is -2.47. The molecular weight excluding hydrogens is 272 g/mol. The Hall–Kier alpha value is -2.38. The molecule has 1 aliphatic heterocycles. The average molecular weight is 292 g/mol. The molecule has 0 amide bonds. The molecule has 112 valence electrons. The summed E-state index contributed by atoms with van der Waals surface area (Å²) in [5, 5.41) is 9.21. The van der Waals surface area contributed by atoms with E-state index < -0.39 is 0 Å². The summed E-state index contributed by atoms with van der Waals surface area (Å²) in [5.74, 6) is 0.817. The highest BCUT2D eigenvalue weighted by molar-refractivity contribution is 5.53. The molecule has 0 aliphatic carbocycles. The zero-order valence-corrected chi connectivity index (χ0v) is 12.8. The lowest BCUT2D eigenvalue weighted by Gasteiger charge is -2.39. The third-order valence-electron chi connectivity index (χ3n) is 4.35. The zero-order valence-electron chi connectivity index (χ0n) is 12.8. The van der Waals surface area contributed by atoms with Gasteiger partial charge >= 0.3 is 0 Å². The highest BCUT2D eigenvalue weighted by atomic mass is 15.3. The summed E-state index contributed by atoms with van der Waals surface area (Å²) in [6.45, 7) is 6.03. The number of benzene rings is 1. The van der Waals surface area contributed by atoms with Crippen LogP contribution in [-0.4, -0.2) is 36.1 Å². The summed E-state index contributed by atoms with van der Waals surface area (Å²) in [7, 11) is 0. The largest absolute Gasteiger partial charge is 0.353 e. The van der Waals surface area contributed by atoms with Crippen molar-refractivity contribution in [3.63, 3.8) is 0 Å². The van der Waals surface area contributed by atoms with Crippen molar-refractivity contribution >= 4 is 5.82 Å². The molecule has 22 heavy (non-hydrogen) atoms. The summed E-state index contributed by atoms with van der Waals surface area (Å²) in [6.07, 6.45) is 1.76. The monoisotopic (exact) mass is 292 g/mol. The van der Waals surface area contributed by atoms with Gasteiger partial charge in [-0.05, 0) is 24.6 Å². The van der Waals surface area contributed by atoms with Crippen LogP contribution < -0.4 is 4.90 Å². The van der Waals surface area contributed by atoms with Crippen LogP contribution in [0.3, 0.4) is 0 Å². The van der Waals surface area contributed by atoms with Crippen molar-refractivity contribution in [2.24, 2.45) is 0 Å². The molecule has 1 aromatic heterocycles. The second-order valence-corrected chi connectivity index (χ2v) is 5.60. The van der Waals surface area contributed by atoms with E-state index in [9.17, 15) is 5.26 Å². The Morgan fingerprint density at radius 3 is 2.45 bits per heavy atom. The molecule has 1 fully saturated rings. The predicted molar refractivity (Wildman–Crippen MR) is 87.6 cm³/mol. The van der Waals surface area contributed by atoms with E-state index in [1.807, 2.05) is 12.1 Å². The lowest BCUT2D eigenvalue weighted by atomic mass is 10.1. The summed E-state index contributed by atoms with van der Waals surface area (Å²) in [6, 6.07) is 16.9. The first-order chi connectivity index (χ1) is 10.8. The van der Waals surface area contributed by atoms with E-state index >= 15 is 0 Å². The Labute approximate surface area is 131 Å². The fraction of sp³-hybridized carbons (Fsp3) is 0.333. The number of nitrogens with zero attached hydrogens (tertiary/aromatic N) is 4. The molecule has 1 aliphatic rings. The van der Waals surface area contributed by atoms with E-state index in [0.29, 0.717) is 11.6 Å². The summed E-state index contributed by atoms with van der Waals surface area (Å²) >= 11 is 0. The molecule has 1 saturated heterocycles. The van der Waals surface area contributed by atoms with Gasteiger partial charge in [0.25, 0.3) is 0 Å². The van der Waals surface area contributed by atoms with Crippen molar-refractivity contribution in [1.29, 1.82) is 5.26 Å². The average Bonchev–Trinajstić information content (AvgIpc) is 2.62. The van der Waals surface area contributed by atoms with Gasteiger partial charge in [-0.3, -0.25) is 4.90 Å². The molecular formula is C18H20N4. The molecule has 4 heteroatoms. The van der Waals surface area contributed by atoms with Crippen LogP contribution in [0, 0.1) is 11.3 Å². The van der Waals surface area contributed by atoms with Crippen LogP contribution in [0.25, 0.3) is 0 Å². The van der Waals surface area contributed by atoms with Crippen molar-refractivity contribution in [2.75, 3.05) is 31.1 Å². The zero-order chi connectivity index (χ0) is 15.4. The highest BCUT2D eigenvalue weighted by Crippen LogP contribution is 2.24. The first-order valence-electron chi connectivity index (χ1n) is 7.68. The Bertz CT molecular complexity index is 654. The number of aromatic nitrogens is 1. The number of hydrogen-bond acceptors (Lipinski definition) is 4. The molecule has 2 heterocycles. The Morgan fingerprint density at radius 2 is 1.77 bits per heavy atom. The topological polar surface area (TPSA) is 43.2 Å².